The fourth-order valence-electron chi connectivity index (χ4n) is 5.08. The Bertz CT molecular complexity index is 2320. The third-order valence-corrected chi connectivity index (χ3v) is 7.49. The number of pyridine rings is 4. The molecule has 6 heterocycles. The zero-order valence-electron chi connectivity index (χ0n) is 26.7. The van der Waals surface area contributed by atoms with Gasteiger partial charge in [0.15, 0.2) is 11.3 Å². The lowest BCUT2D eigenvalue weighted by molar-refractivity contribution is 0.0979. The van der Waals surface area contributed by atoms with Crippen molar-refractivity contribution in [2.75, 3.05) is 10.6 Å². The monoisotopic (exact) mass is 656 g/mol. The molecule has 0 aliphatic carbocycles. The Morgan fingerprint density at radius 3 is 1.76 bits per heavy atom. The molecule has 7 rings (SSSR count). The molecule has 14 heteroatoms. The number of anilines is 2. The van der Waals surface area contributed by atoms with Gasteiger partial charge in [0, 0.05) is 24.5 Å². The molecule has 3 N–H and O–H groups in total. The number of aryl methyl sites for hydroxylation is 2. The maximum Gasteiger partial charge on any atom is 0.287 e. The Kier molecular flexibility index (Phi) is 9.75. The molecular formula is C35H32N10O4. The summed E-state index contributed by atoms with van der Waals surface area (Å²) in [6.07, 6.45) is 6.18. The van der Waals surface area contributed by atoms with Crippen LogP contribution in [0.2, 0.25) is 0 Å². The minimum Gasteiger partial charge on any atom is -0.423 e. The minimum absolute atomic E-state index is 0.179. The van der Waals surface area contributed by atoms with Crippen LogP contribution in [-0.2, 0) is 19.7 Å². The first-order valence-electron chi connectivity index (χ1n) is 15.3. The van der Waals surface area contributed by atoms with E-state index in [9.17, 15) is 14.8 Å². The Balaban J connectivity index is 0.000000177. The second-order valence-corrected chi connectivity index (χ2v) is 10.8. The second-order valence-electron chi connectivity index (χ2n) is 10.8. The first-order chi connectivity index (χ1) is 23.9. The Morgan fingerprint density at radius 2 is 1.18 bits per heavy atom. The summed E-state index contributed by atoms with van der Waals surface area (Å²) in [5, 5.41) is 17.5. The van der Waals surface area contributed by atoms with E-state index in [1.54, 1.807) is 19.3 Å². The SMILES string of the molecule is Cc1ncnc2c1c(NCc1ccccn1)cc(=O)n2O.Cc1ncnc2c1c(NCc1ccccn1)cc(=O)n2OCc1ccccc1. The van der Waals surface area contributed by atoms with Gasteiger partial charge < -0.3 is 20.7 Å². The van der Waals surface area contributed by atoms with Crippen LogP contribution in [0.15, 0.2) is 114 Å². The van der Waals surface area contributed by atoms with Gasteiger partial charge in [0.2, 0.25) is 0 Å². The van der Waals surface area contributed by atoms with Crippen molar-refractivity contribution in [3.8, 4) is 0 Å². The molecule has 14 nitrogen and oxygen atoms in total. The molecule has 0 amide bonds. The average molecular weight is 657 g/mol. The van der Waals surface area contributed by atoms with E-state index in [1.807, 2.05) is 73.7 Å². The van der Waals surface area contributed by atoms with E-state index in [1.165, 1.54) is 29.5 Å². The minimum atomic E-state index is -0.552. The normalized spacial score (nSPS) is 10.7. The van der Waals surface area contributed by atoms with Gasteiger partial charge in [-0.25, -0.2) is 19.9 Å². The van der Waals surface area contributed by atoms with Gasteiger partial charge in [0.05, 0.1) is 58.0 Å². The molecule has 246 valence electrons. The van der Waals surface area contributed by atoms with Crippen molar-refractivity contribution in [1.82, 2.24) is 39.4 Å². The van der Waals surface area contributed by atoms with Gasteiger partial charge in [-0.05, 0) is 43.7 Å². The molecule has 1 aromatic carbocycles. The highest BCUT2D eigenvalue weighted by molar-refractivity contribution is 5.91. The summed E-state index contributed by atoms with van der Waals surface area (Å²) < 4.78 is 1.75. The molecule has 0 fully saturated rings. The van der Waals surface area contributed by atoms with Gasteiger partial charge in [0.1, 0.15) is 19.3 Å². The number of benzene rings is 1. The highest BCUT2D eigenvalue weighted by Crippen LogP contribution is 2.23. The van der Waals surface area contributed by atoms with E-state index in [4.69, 9.17) is 4.84 Å². The Morgan fingerprint density at radius 1 is 0.653 bits per heavy atom. The molecule has 0 bridgehead atoms. The van der Waals surface area contributed by atoms with Crippen molar-refractivity contribution >= 4 is 33.4 Å². The maximum absolute atomic E-state index is 12.7. The summed E-state index contributed by atoms with van der Waals surface area (Å²) in [5.41, 5.74) is 5.09. The highest BCUT2D eigenvalue weighted by Gasteiger charge is 2.15. The predicted octanol–water partition coefficient (Wildman–Crippen LogP) is 4.08. The fourth-order valence-corrected chi connectivity index (χ4v) is 5.08. The van der Waals surface area contributed by atoms with E-state index in [0.717, 1.165) is 28.0 Å². The van der Waals surface area contributed by atoms with Gasteiger partial charge in [-0.3, -0.25) is 19.6 Å². The van der Waals surface area contributed by atoms with Crippen LogP contribution >= 0.6 is 0 Å². The van der Waals surface area contributed by atoms with Crippen LogP contribution in [0, 0.1) is 13.8 Å². The third-order valence-electron chi connectivity index (χ3n) is 7.49. The molecule has 0 radical (unpaired) electrons. The van der Waals surface area contributed by atoms with Crippen molar-refractivity contribution in [3.63, 3.8) is 0 Å². The quantitative estimate of drug-likeness (QED) is 0.190. The largest absolute Gasteiger partial charge is 0.423 e. The molecule has 6 aromatic heterocycles. The van der Waals surface area contributed by atoms with E-state index >= 15 is 0 Å². The Hall–Kier alpha value is -6.70. The number of nitrogens with one attached hydrogen (secondary N) is 2. The maximum atomic E-state index is 12.7. The van der Waals surface area contributed by atoms with Crippen LogP contribution in [0.4, 0.5) is 11.4 Å². The van der Waals surface area contributed by atoms with Crippen molar-refractivity contribution < 1.29 is 10.0 Å². The van der Waals surface area contributed by atoms with Crippen molar-refractivity contribution in [1.29, 1.82) is 0 Å². The van der Waals surface area contributed by atoms with E-state index in [0.29, 0.717) is 45.9 Å². The van der Waals surface area contributed by atoms with Crippen LogP contribution in [0.25, 0.3) is 22.1 Å². The summed E-state index contributed by atoms with van der Waals surface area (Å²) in [7, 11) is 0. The van der Waals surface area contributed by atoms with Gasteiger partial charge >= 0.3 is 0 Å². The van der Waals surface area contributed by atoms with E-state index in [-0.39, 0.29) is 17.8 Å². The van der Waals surface area contributed by atoms with Crippen LogP contribution < -0.4 is 26.6 Å². The molecule has 49 heavy (non-hydrogen) atoms. The number of fused-ring (bicyclic) bond motifs is 2. The van der Waals surface area contributed by atoms with Gasteiger partial charge in [-0.2, -0.15) is 0 Å². The molecule has 0 aliphatic heterocycles. The summed E-state index contributed by atoms with van der Waals surface area (Å²) >= 11 is 0. The zero-order valence-corrected chi connectivity index (χ0v) is 26.7. The fraction of sp³-hybridized carbons (Fsp3) is 0.143. The number of aromatic nitrogens is 8. The van der Waals surface area contributed by atoms with Crippen LogP contribution in [0.3, 0.4) is 0 Å². The van der Waals surface area contributed by atoms with E-state index < -0.39 is 5.56 Å². The Labute approximate surface area is 279 Å². The third kappa shape index (κ3) is 7.49. The average Bonchev–Trinajstić information content (AvgIpc) is 3.13. The van der Waals surface area contributed by atoms with Crippen molar-refractivity contribution in [3.05, 3.63) is 153 Å². The van der Waals surface area contributed by atoms with Crippen molar-refractivity contribution in [2.45, 2.75) is 33.5 Å². The summed E-state index contributed by atoms with van der Waals surface area (Å²) in [6, 6.07) is 23.8. The lowest BCUT2D eigenvalue weighted by Crippen LogP contribution is -2.28. The van der Waals surface area contributed by atoms with Gasteiger partial charge in [-0.1, -0.05) is 42.5 Å². The number of hydrogen-bond acceptors (Lipinski definition) is 12. The lowest BCUT2D eigenvalue weighted by Gasteiger charge is -2.15. The van der Waals surface area contributed by atoms with Crippen LogP contribution in [0.1, 0.15) is 28.3 Å². The second kappa shape index (κ2) is 14.8. The molecule has 0 atom stereocenters. The molecule has 7 aromatic rings. The summed E-state index contributed by atoms with van der Waals surface area (Å²) in [4.78, 5) is 55.4. The zero-order chi connectivity index (χ0) is 34.2. The number of nitrogens with zero attached hydrogens (tertiary/aromatic N) is 8. The van der Waals surface area contributed by atoms with Gasteiger partial charge in [-0.15, -0.1) is 9.46 Å². The van der Waals surface area contributed by atoms with E-state index in [2.05, 4.69) is 40.5 Å². The molecular weight excluding hydrogens is 624 g/mol. The smallest absolute Gasteiger partial charge is 0.287 e. The standard InChI is InChI=1S/C21H19N5O2.C14H13N5O2/c1-15-20-18(23-12-17-9-5-6-10-22-17)11-19(27)26(21(20)25-14-24-15)28-13-16-7-3-2-4-8-16;1-9-13-11(16-7-10-4-2-3-5-15-10)6-12(20)19(21)14(13)18-8-17-9/h2-11,14,23H,12-13H2,1H3;2-6,8,16,21H,7H2,1H3. The topological polar surface area (TPSA) is 175 Å². The highest BCUT2D eigenvalue weighted by atomic mass is 16.7. The summed E-state index contributed by atoms with van der Waals surface area (Å²) in [6.45, 7) is 4.87. The number of hydrogen-bond donors (Lipinski definition) is 3. The van der Waals surface area contributed by atoms with Crippen molar-refractivity contribution in [2.24, 2.45) is 0 Å². The van der Waals surface area contributed by atoms with Crippen LogP contribution in [-0.4, -0.2) is 44.6 Å². The molecule has 0 spiro atoms. The first kappa shape index (κ1) is 32.2. The van der Waals surface area contributed by atoms with Crippen LogP contribution in [0.5, 0.6) is 0 Å². The summed E-state index contributed by atoms with van der Waals surface area (Å²) in [5.74, 6) is 0. The lowest BCUT2D eigenvalue weighted by atomic mass is 10.2. The van der Waals surface area contributed by atoms with Gasteiger partial charge in [0.25, 0.3) is 11.1 Å². The first-order valence-corrected chi connectivity index (χ1v) is 15.3. The molecule has 0 saturated heterocycles. The molecule has 0 saturated carbocycles. The molecule has 0 unspecified atom stereocenters. The number of rotatable bonds is 9. The predicted molar refractivity (Wildman–Crippen MR) is 184 cm³/mol. The molecule has 0 aliphatic rings.